The number of benzene rings is 2. The predicted octanol–water partition coefficient (Wildman–Crippen LogP) is 4.85. The number of amides is 1. The highest BCUT2D eigenvalue weighted by molar-refractivity contribution is 5.94. The Morgan fingerprint density at radius 1 is 1.00 bits per heavy atom. The van der Waals surface area contributed by atoms with Gasteiger partial charge in [-0.05, 0) is 83.3 Å². The molecule has 0 aliphatic carbocycles. The van der Waals surface area contributed by atoms with Crippen molar-refractivity contribution in [2.45, 2.75) is 84.0 Å². The van der Waals surface area contributed by atoms with E-state index < -0.39 is 29.1 Å². The van der Waals surface area contributed by atoms with E-state index in [0.29, 0.717) is 50.1 Å². The molecule has 2 aromatic carbocycles. The number of methoxy groups -OCH3 is 1. The molecule has 8 heteroatoms. The van der Waals surface area contributed by atoms with E-state index in [1.165, 1.54) is 7.11 Å². The summed E-state index contributed by atoms with van der Waals surface area (Å²) in [6.45, 7) is 9.15. The van der Waals surface area contributed by atoms with Gasteiger partial charge in [0.1, 0.15) is 22.9 Å². The number of nitrogens with one attached hydrogen (secondary N) is 2. The van der Waals surface area contributed by atoms with Gasteiger partial charge in [0.25, 0.3) is 5.91 Å². The maximum absolute atomic E-state index is 13.7. The van der Waals surface area contributed by atoms with Gasteiger partial charge in [-0.25, -0.2) is 0 Å². The van der Waals surface area contributed by atoms with Gasteiger partial charge in [0, 0.05) is 11.6 Å². The van der Waals surface area contributed by atoms with E-state index in [9.17, 15) is 14.4 Å². The second kappa shape index (κ2) is 14.3. The molecule has 2 aromatic rings. The van der Waals surface area contributed by atoms with Gasteiger partial charge < -0.3 is 24.8 Å². The molecule has 0 bridgehead atoms. The lowest BCUT2D eigenvalue weighted by Gasteiger charge is -2.43. The van der Waals surface area contributed by atoms with E-state index in [4.69, 9.17) is 14.2 Å². The molecule has 1 heterocycles. The Balaban J connectivity index is 1.90. The van der Waals surface area contributed by atoms with Gasteiger partial charge in [0.15, 0.2) is 0 Å². The fourth-order valence-electron chi connectivity index (χ4n) is 5.14. The minimum absolute atomic E-state index is 0.00924. The SMILES string of the molecule is CCCC(Oc1ccccc1CC(CC(=O)OC)NC(=O)c1ccccc1)C1(C(=O)OC(C)(C)C)CCNCC1. The Morgan fingerprint density at radius 3 is 2.27 bits per heavy atom. The highest BCUT2D eigenvalue weighted by Crippen LogP contribution is 2.40. The Hall–Kier alpha value is -3.39. The van der Waals surface area contributed by atoms with E-state index in [1.807, 2.05) is 51.1 Å². The van der Waals surface area contributed by atoms with E-state index >= 15 is 0 Å². The van der Waals surface area contributed by atoms with Crippen LogP contribution in [0.4, 0.5) is 0 Å². The van der Waals surface area contributed by atoms with Crippen LogP contribution in [-0.4, -0.2) is 55.8 Å². The first-order chi connectivity index (χ1) is 19.1. The van der Waals surface area contributed by atoms with Crippen LogP contribution in [0.15, 0.2) is 54.6 Å². The summed E-state index contributed by atoms with van der Waals surface area (Å²) in [5.41, 5.74) is -0.0507. The summed E-state index contributed by atoms with van der Waals surface area (Å²) < 4.78 is 17.6. The molecule has 0 radical (unpaired) electrons. The van der Waals surface area contributed by atoms with E-state index in [2.05, 4.69) is 17.6 Å². The Kier molecular flexibility index (Phi) is 11.1. The fourth-order valence-corrected chi connectivity index (χ4v) is 5.14. The van der Waals surface area contributed by atoms with Crippen molar-refractivity contribution in [2.24, 2.45) is 5.41 Å². The van der Waals surface area contributed by atoms with Crippen LogP contribution in [0, 0.1) is 5.41 Å². The average Bonchev–Trinajstić information content (AvgIpc) is 2.93. The Morgan fingerprint density at radius 2 is 1.65 bits per heavy atom. The van der Waals surface area contributed by atoms with E-state index in [1.54, 1.807) is 24.3 Å². The summed E-state index contributed by atoms with van der Waals surface area (Å²) in [6.07, 6.45) is 2.72. The lowest BCUT2D eigenvalue weighted by Crippen LogP contribution is -2.53. The zero-order valence-corrected chi connectivity index (χ0v) is 24.5. The molecule has 0 spiro atoms. The Bertz CT molecular complexity index is 1120. The molecule has 1 saturated heterocycles. The second-order valence-corrected chi connectivity index (χ2v) is 11.4. The Labute approximate surface area is 238 Å². The average molecular weight is 553 g/mol. The van der Waals surface area contributed by atoms with Gasteiger partial charge in [-0.3, -0.25) is 14.4 Å². The first-order valence-electron chi connectivity index (χ1n) is 14.2. The number of hydrogen-bond donors (Lipinski definition) is 2. The van der Waals surface area contributed by atoms with Gasteiger partial charge in [-0.2, -0.15) is 0 Å². The molecule has 1 aliphatic rings. The summed E-state index contributed by atoms with van der Waals surface area (Å²) in [4.78, 5) is 38.9. The van der Waals surface area contributed by atoms with Crippen molar-refractivity contribution in [3.63, 3.8) is 0 Å². The standard InChI is InChI=1S/C32H44N2O6/c1-6-12-27(32(17-19-33-20-18-32)30(37)40-31(2,3)4)39-26-16-11-10-15-24(26)21-25(22-28(35)38-5)34-29(36)23-13-8-7-9-14-23/h7-11,13-16,25,27,33H,6,12,17-22H2,1-5H3,(H,34,36). The molecular formula is C32H44N2O6. The molecule has 8 nitrogen and oxygen atoms in total. The molecule has 2 atom stereocenters. The minimum atomic E-state index is -0.783. The zero-order chi connectivity index (χ0) is 29.2. The number of para-hydroxylation sites is 1. The fraction of sp³-hybridized carbons (Fsp3) is 0.531. The van der Waals surface area contributed by atoms with Crippen LogP contribution in [0.2, 0.25) is 0 Å². The largest absolute Gasteiger partial charge is 0.489 e. The third-order valence-corrected chi connectivity index (χ3v) is 7.19. The van der Waals surface area contributed by atoms with E-state index in [-0.39, 0.29) is 18.3 Å². The molecule has 218 valence electrons. The monoisotopic (exact) mass is 552 g/mol. The molecule has 1 fully saturated rings. The predicted molar refractivity (Wildman–Crippen MR) is 154 cm³/mol. The molecule has 3 rings (SSSR count). The van der Waals surface area contributed by atoms with Crippen LogP contribution in [-0.2, 0) is 25.5 Å². The molecular weight excluding hydrogens is 508 g/mol. The van der Waals surface area contributed by atoms with Gasteiger partial charge in [-0.15, -0.1) is 0 Å². The molecule has 2 unspecified atom stereocenters. The molecule has 1 amide bonds. The summed E-state index contributed by atoms with van der Waals surface area (Å²) >= 11 is 0. The first kappa shape index (κ1) is 31.1. The second-order valence-electron chi connectivity index (χ2n) is 11.4. The zero-order valence-electron chi connectivity index (χ0n) is 24.5. The number of hydrogen-bond acceptors (Lipinski definition) is 7. The smallest absolute Gasteiger partial charge is 0.316 e. The van der Waals surface area contributed by atoms with Crippen molar-refractivity contribution < 1.29 is 28.6 Å². The van der Waals surface area contributed by atoms with Crippen molar-refractivity contribution in [2.75, 3.05) is 20.2 Å². The lowest BCUT2D eigenvalue weighted by atomic mass is 9.72. The van der Waals surface area contributed by atoms with Gasteiger partial charge >= 0.3 is 11.9 Å². The van der Waals surface area contributed by atoms with Gasteiger partial charge in [0.05, 0.1) is 13.5 Å². The molecule has 1 aliphatic heterocycles. The number of carbonyl (C=O) groups is 3. The molecule has 0 aromatic heterocycles. The summed E-state index contributed by atoms with van der Waals surface area (Å²) in [5, 5.41) is 6.35. The number of esters is 2. The van der Waals surface area contributed by atoms with Crippen molar-refractivity contribution in [3.8, 4) is 5.75 Å². The van der Waals surface area contributed by atoms with Crippen LogP contribution >= 0.6 is 0 Å². The number of ether oxygens (including phenoxy) is 3. The highest BCUT2D eigenvalue weighted by atomic mass is 16.6. The molecule has 0 saturated carbocycles. The number of piperidine rings is 1. The van der Waals surface area contributed by atoms with Gasteiger partial charge in [0.2, 0.25) is 0 Å². The van der Waals surface area contributed by atoms with Crippen LogP contribution in [0.25, 0.3) is 0 Å². The summed E-state index contributed by atoms with van der Waals surface area (Å²) in [6, 6.07) is 16.0. The topological polar surface area (TPSA) is 103 Å². The minimum Gasteiger partial charge on any atom is -0.489 e. The van der Waals surface area contributed by atoms with Crippen molar-refractivity contribution in [1.82, 2.24) is 10.6 Å². The quantitative estimate of drug-likeness (QED) is 0.363. The van der Waals surface area contributed by atoms with Gasteiger partial charge in [-0.1, -0.05) is 49.7 Å². The van der Waals surface area contributed by atoms with E-state index in [0.717, 1.165) is 12.0 Å². The molecule has 2 N–H and O–H groups in total. The maximum Gasteiger partial charge on any atom is 0.316 e. The molecule has 40 heavy (non-hydrogen) atoms. The van der Waals surface area contributed by atoms with Crippen LogP contribution in [0.3, 0.4) is 0 Å². The highest BCUT2D eigenvalue weighted by Gasteiger charge is 2.50. The third-order valence-electron chi connectivity index (χ3n) is 7.19. The third kappa shape index (κ3) is 8.55. The number of carbonyl (C=O) groups excluding carboxylic acids is 3. The normalized spacial score (nSPS) is 16.3. The van der Waals surface area contributed by atoms with Crippen LogP contribution in [0.1, 0.15) is 75.7 Å². The number of rotatable bonds is 12. The summed E-state index contributed by atoms with van der Waals surface area (Å²) in [5.74, 6) is -0.281. The van der Waals surface area contributed by atoms with Crippen LogP contribution < -0.4 is 15.4 Å². The maximum atomic E-state index is 13.7. The van der Waals surface area contributed by atoms with Crippen molar-refractivity contribution in [3.05, 3.63) is 65.7 Å². The summed E-state index contributed by atoms with van der Waals surface area (Å²) in [7, 11) is 1.33. The van der Waals surface area contributed by atoms with Crippen molar-refractivity contribution in [1.29, 1.82) is 0 Å². The van der Waals surface area contributed by atoms with Crippen molar-refractivity contribution >= 4 is 17.8 Å². The first-order valence-corrected chi connectivity index (χ1v) is 14.2. The lowest BCUT2D eigenvalue weighted by molar-refractivity contribution is -0.177. The van der Waals surface area contributed by atoms with Crippen LogP contribution in [0.5, 0.6) is 5.75 Å².